The Hall–Kier alpha value is -3.46. The Labute approximate surface area is 143 Å². The Morgan fingerprint density at radius 3 is 2.64 bits per heavy atom. The second-order valence-electron chi connectivity index (χ2n) is 5.22. The summed E-state index contributed by atoms with van der Waals surface area (Å²) in [5, 5.41) is 13.2. The van der Waals surface area contributed by atoms with Crippen LogP contribution in [0.25, 0.3) is 11.3 Å². The van der Waals surface area contributed by atoms with Crippen molar-refractivity contribution in [3.63, 3.8) is 0 Å². The molecular formula is C19H14FN3O2. The van der Waals surface area contributed by atoms with Gasteiger partial charge < -0.3 is 4.74 Å². The average molecular weight is 335 g/mol. The zero-order chi connectivity index (χ0) is 17.6. The Kier molecular flexibility index (Phi) is 4.86. The van der Waals surface area contributed by atoms with E-state index in [1.54, 1.807) is 42.5 Å². The van der Waals surface area contributed by atoms with E-state index >= 15 is 0 Å². The van der Waals surface area contributed by atoms with E-state index in [0.29, 0.717) is 22.6 Å². The van der Waals surface area contributed by atoms with Crippen molar-refractivity contribution in [3.8, 4) is 23.1 Å². The summed E-state index contributed by atoms with van der Waals surface area (Å²) in [5.41, 5.74) is 0.808. The number of hydrogen-bond donors (Lipinski definition) is 0. The number of aromatic nitrogens is 2. The zero-order valence-corrected chi connectivity index (χ0v) is 13.2. The first-order chi connectivity index (χ1) is 12.2. The highest BCUT2D eigenvalue weighted by Gasteiger charge is 2.08. The number of hydrogen-bond acceptors (Lipinski definition) is 4. The fourth-order valence-electron chi connectivity index (χ4n) is 2.35. The van der Waals surface area contributed by atoms with Crippen LogP contribution in [-0.2, 0) is 6.54 Å². The van der Waals surface area contributed by atoms with Crippen LogP contribution < -0.4 is 10.3 Å². The van der Waals surface area contributed by atoms with E-state index in [0.717, 1.165) is 0 Å². The lowest BCUT2D eigenvalue weighted by Crippen LogP contribution is -2.25. The van der Waals surface area contributed by atoms with E-state index in [-0.39, 0.29) is 18.7 Å². The highest BCUT2D eigenvalue weighted by Crippen LogP contribution is 2.19. The Morgan fingerprint density at radius 1 is 1.08 bits per heavy atom. The molecule has 3 rings (SSSR count). The van der Waals surface area contributed by atoms with Crippen LogP contribution in [0.5, 0.6) is 5.75 Å². The molecule has 2 aromatic carbocycles. The lowest BCUT2D eigenvalue weighted by Gasteiger charge is -2.10. The molecule has 25 heavy (non-hydrogen) atoms. The lowest BCUT2D eigenvalue weighted by molar-refractivity contribution is 0.287. The van der Waals surface area contributed by atoms with Gasteiger partial charge in [-0.05, 0) is 30.3 Å². The van der Waals surface area contributed by atoms with Crippen LogP contribution in [0, 0.1) is 17.1 Å². The molecule has 0 bridgehead atoms. The molecule has 0 radical (unpaired) electrons. The zero-order valence-electron chi connectivity index (χ0n) is 13.2. The van der Waals surface area contributed by atoms with E-state index in [9.17, 15) is 9.18 Å². The summed E-state index contributed by atoms with van der Waals surface area (Å²) in [5.74, 6) is 0.0442. The summed E-state index contributed by atoms with van der Waals surface area (Å²) in [4.78, 5) is 12.0. The smallest absolute Gasteiger partial charge is 0.266 e. The van der Waals surface area contributed by atoms with Gasteiger partial charge in [-0.1, -0.05) is 24.3 Å². The second-order valence-corrected chi connectivity index (χ2v) is 5.22. The standard InChI is InChI=1S/C19H14FN3O2/c20-16-7-3-2-6-15(16)17-9-10-19(24)23(22-17)11-12-25-18-8-4-1-5-14(18)13-21/h1-10H,11-12H2. The van der Waals surface area contributed by atoms with Crippen LogP contribution in [0.3, 0.4) is 0 Å². The predicted molar refractivity (Wildman–Crippen MR) is 90.5 cm³/mol. The highest BCUT2D eigenvalue weighted by atomic mass is 19.1. The highest BCUT2D eigenvalue weighted by molar-refractivity contribution is 5.58. The molecule has 0 atom stereocenters. The summed E-state index contributed by atoms with van der Waals surface area (Å²) < 4.78 is 20.7. The summed E-state index contributed by atoms with van der Waals surface area (Å²) in [6.45, 7) is 0.340. The molecule has 0 saturated carbocycles. The maximum absolute atomic E-state index is 13.9. The molecule has 1 heterocycles. The first-order valence-electron chi connectivity index (χ1n) is 7.64. The first kappa shape index (κ1) is 16.4. The molecule has 6 heteroatoms. The maximum Gasteiger partial charge on any atom is 0.266 e. The molecule has 0 fully saturated rings. The van der Waals surface area contributed by atoms with Crippen LogP contribution >= 0.6 is 0 Å². The van der Waals surface area contributed by atoms with Gasteiger partial charge in [0.2, 0.25) is 0 Å². The molecule has 0 unspecified atom stereocenters. The Morgan fingerprint density at radius 2 is 1.84 bits per heavy atom. The number of nitrogens with zero attached hydrogens (tertiary/aromatic N) is 3. The number of para-hydroxylation sites is 1. The molecule has 0 amide bonds. The van der Waals surface area contributed by atoms with E-state index in [1.807, 2.05) is 6.07 Å². The maximum atomic E-state index is 13.9. The van der Waals surface area contributed by atoms with Gasteiger partial charge in [0.05, 0.1) is 17.8 Å². The van der Waals surface area contributed by atoms with Crippen molar-refractivity contribution in [2.75, 3.05) is 6.61 Å². The summed E-state index contributed by atoms with van der Waals surface area (Å²) in [6, 6.07) is 18.0. The van der Waals surface area contributed by atoms with Crippen molar-refractivity contribution in [2.45, 2.75) is 6.54 Å². The van der Waals surface area contributed by atoms with Gasteiger partial charge in [0.25, 0.3) is 5.56 Å². The van der Waals surface area contributed by atoms with Gasteiger partial charge in [0, 0.05) is 11.6 Å². The first-order valence-corrected chi connectivity index (χ1v) is 7.64. The number of nitriles is 1. The summed E-state index contributed by atoms with van der Waals surface area (Å²) >= 11 is 0. The molecule has 1 aromatic heterocycles. The predicted octanol–water partition coefficient (Wildman–Crippen LogP) is 3.00. The van der Waals surface area contributed by atoms with Crippen LogP contribution in [0.2, 0.25) is 0 Å². The van der Waals surface area contributed by atoms with Crippen molar-refractivity contribution in [2.24, 2.45) is 0 Å². The van der Waals surface area contributed by atoms with Crippen LogP contribution in [0.4, 0.5) is 4.39 Å². The van der Waals surface area contributed by atoms with Crippen molar-refractivity contribution < 1.29 is 9.13 Å². The molecule has 0 saturated heterocycles. The molecular weight excluding hydrogens is 321 g/mol. The minimum Gasteiger partial charge on any atom is -0.490 e. The fourth-order valence-corrected chi connectivity index (χ4v) is 2.35. The third-order valence-corrected chi connectivity index (χ3v) is 3.58. The molecule has 5 nitrogen and oxygen atoms in total. The molecule has 0 aliphatic heterocycles. The molecule has 3 aromatic rings. The van der Waals surface area contributed by atoms with Gasteiger partial charge in [-0.2, -0.15) is 10.4 Å². The molecule has 124 valence electrons. The normalized spacial score (nSPS) is 10.2. The van der Waals surface area contributed by atoms with Crippen LogP contribution in [0.1, 0.15) is 5.56 Å². The number of ether oxygens (including phenoxy) is 1. The SMILES string of the molecule is N#Cc1ccccc1OCCn1nc(-c2ccccc2F)ccc1=O. The van der Waals surface area contributed by atoms with Gasteiger partial charge in [-0.15, -0.1) is 0 Å². The minimum absolute atomic E-state index is 0.159. The van der Waals surface area contributed by atoms with Crippen molar-refractivity contribution in [3.05, 3.63) is 82.4 Å². The van der Waals surface area contributed by atoms with Crippen molar-refractivity contribution >= 4 is 0 Å². The van der Waals surface area contributed by atoms with Crippen LogP contribution in [-0.4, -0.2) is 16.4 Å². The van der Waals surface area contributed by atoms with E-state index in [1.165, 1.54) is 22.9 Å². The van der Waals surface area contributed by atoms with E-state index in [4.69, 9.17) is 10.00 Å². The van der Waals surface area contributed by atoms with Gasteiger partial charge in [0.1, 0.15) is 24.2 Å². The number of halogens is 1. The third kappa shape index (κ3) is 3.72. The van der Waals surface area contributed by atoms with Gasteiger partial charge in [-0.25, -0.2) is 9.07 Å². The second kappa shape index (κ2) is 7.41. The molecule has 0 spiro atoms. The molecule has 0 N–H and O–H groups in total. The average Bonchev–Trinajstić information content (AvgIpc) is 2.64. The van der Waals surface area contributed by atoms with E-state index < -0.39 is 5.82 Å². The molecule has 0 aliphatic rings. The van der Waals surface area contributed by atoms with Gasteiger partial charge in [-0.3, -0.25) is 4.79 Å². The van der Waals surface area contributed by atoms with Gasteiger partial charge in [0.15, 0.2) is 0 Å². The van der Waals surface area contributed by atoms with E-state index in [2.05, 4.69) is 5.10 Å². The summed E-state index contributed by atoms with van der Waals surface area (Å²) in [7, 11) is 0. The number of benzene rings is 2. The fraction of sp³-hybridized carbons (Fsp3) is 0.105. The van der Waals surface area contributed by atoms with Crippen molar-refractivity contribution in [1.29, 1.82) is 5.26 Å². The lowest BCUT2D eigenvalue weighted by atomic mass is 10.1. The van der Waals surface area contributed by atoms with Crippen LogP contribution in [0.15, 0.2) is 65.5 Å². The summed E-state index contributed by atoms with van der Waals surface area (Å²) in [6.07, 6.45) is 0. The molecule has 0 aliphatic carbocycles. The number of rotatable bonds is 5. The van der Waals surface area contributed by atoms with Crippen molar-refractivity contribution in [1.82, 2.24) is 9.78 Å². The Bertz CT molecular complexity index is 992. The monoisotopic (exact) mass is 335 g/mol. The quantitative estimate of drug-likeness (QED) is 0.719. The topological polar surface area (TPSA) is 67.9 Å². The largest absolute Gasteiger partial charge is 0.490 e. The third-order valence-electron chi connectivity index (χ3n) is 3.58. The van der Waals surface area contributed by atoms with Gasteiger partial charge >= 0.3 is 0 Å². The Balaban J connectivity index is 1.77. The minimum atomic E-state index is -0.403.